The standard InChI is InChI=1S/C7H7N3O2S/c1-5-2-3-7(13(11)12)6(4-5)9-10-8/h2-4H,1H3,(H,11,12). The highest BCUT2D eigenvalue weighted by molar-refractivity contribution is 7.79. The molecule has 5 nitrogen and oxygen atoms in total. The molecule has 13 heavy (non-hydrogen) atoms. The van der Waals surface area contributed by atoms with Gasteiger partial charge in [0.2, 0.25) is 0 Å². The summed E-state index contributed by atoms with van der Waals surface area (Å²) in [6.45, 7) is 1.81. The third-order valence-corrected chi connectivity index (χ3v) is 2.18. The normalized spacial score (nSPS) is 11.8. The summed E-state index contributed by atoms with van der Waals surface area (Å²) in [5.74, 6) is 0. The second kappa shape index (κ2) is 4.04. The second-order valence-electron chi connectivity index (χ2n) is 2.41. The predicted molar refractivity (Wildman–Crippen MR) is 49.0 cm³/mol. The van der Waals surface area contributed by atoms with Crippen LogP contribution in [0.2, 0.25) is 0 Å². The molecule has 1 unspecified atom stereocenters. The van der Waals surface area contributed by atoms with Crippen molar-refractivity contribution in [3.8, 4) is 0 Å². The smallest absolute Gasteiger partial charge is 0.186 e. The lowest BCUT2D eigenvalue weighted by Crippen LogP contribution is -1.88. The van der Waals surface area contributed by atoms with E-state index in [4.69, 9.17) is 10.1 Å². The number of azide groups is 1. The van der Waals surface area contributed by atoms with Gasteiger partial charge >= 0.3 is 0 Å². The lowest BCUT2D eigenvalue weighted by Gasteiger charge is -2.00. The first kappa shape index (κ1) is 9.73. The maximum atomic E-state index is 10.7. The molecule has 0 saturated carbocycles. The first-order valence-electron chi connectivity index (χ1n) is 3.42. The molecule has 0 radical (unpaired) electrons. The van der Waals surface area contributed by atoms with E-state index in [1.165, 1.54) is 6.07 Å². The van der Waals surface area contributed by atoms with E-state index in [1.54, 1.807) is 19.1 Å². The fourth-order valence-corrected chi connectivity index (χ4v) is 1.36. The molecule has 1 aromatic rings. The Morgan fingerprint density at radius 2 is 2.31 bits per heavy atom. The lowest BCUT2D eigenvalue weighted by atomic mass is 10.2. The molecule has 0 heterocycles. The SMILES string of the molecule is Cc1ccc(S(=O)O)c(N=[N+]=[N-])c1. The minimum atomic E-state index is -2.12. The monoisotopic (exact) mass is 197 g/mol. The molecule has 1 aromatic carbocycles. The van der Waals surface area contributed by atoms with Crippen LogP contribution in [0.1, 0.15) is 5.56 Å². The quantitative estimate of drug-likeness (QED) is 0.342. The largest absolute Gasteiger partial charge is 0.302 e. The Morgan fingerprint density at radius 3 is 2.85 bits per heavy atom. The van der Waals surface area contributed by atoms with Gasteiger partial charge in [0.1, 0.15) is 0 Å². The van der Waals surface area contributed by atoms with Crippen LogP contribution in [0.15, 0.2) is 28.2 Å². The Balaban J connectivity index is 3.34. The maximum Gasteiger partial charge on any atom is 0.186 e. The predicted octanol–water partition coefficient (Wildman–Crippen LogP) is 2.52. The molecule has 1 rings (SSSR count). The second-order valence-corrected chi connectivity index (χ2v) is 3.35. The number of aryl methyl sites for hydroxylation is 1. The Bertz CT molecular complexity index is 399. The maximum absolute atomic E-state index is 10.7. The summed E-state index contributed by atoms with van der Waals surface area (Å²) < 4.78 is 19.5. The molecule has 0 aromatic heterocycles. The summed E-state index contributed by atoms with van der Waals surface area (Å²) in [5, 5.41) is 3.32. The number of rotatable bonds is 2. The minimum Gasteiger partial charge on any atom is -0.302 e. The van der Waals surface area contributed by atoms with Gasteiger partial charge in [-0.1, -0.05) is 16.7 Å². The van der Waals surface area contributed by atoms with Gasteiger partial charge in [-0.3, -0.25) is 0 Å². The fourth-order valence-electron chi connectivity index (χ4n) is 0.901. The van der Waals surface area contributed by atoms with Gasteiger partial charge in [0.15, 0.2) is 11.1 Å². The van der Waals surface area contributed by atoms with Gasteiger partial charge in [0, 0.05) is 4.91 Å². The number of hydrogen-bond acceptors (Lipinski definition) is 2. The van der Waals surface area contributed by atoms with Crippen molar-refractivity contribution in [2.75, 3.05) is 0 Å². The Morgan fingerprint density at radius 1 is 1.62 bits per heavy atom. The van der Waals surface area contributed by atoms with Crippen LogP contribution in [0.5, 0.6) is 0 Å². The third-order valence-electron chi connectivity index (χ3n) is 1.46. The zero-order chi connectivity index (χ0) is 9.84. The highest BCUT2D eigenvalue weighted by Crippen LogP contribution is 2.23. The van der Waals surface area contributed by atoms with E-state index in [-0.39, 0.29) is 10.6 Å². The van der Waals surface area contributed by atoms with Crippen molar-refractivity contribution in [3.63, 3.8) is 0 Å². The minimum absolute atomic E-state index is 0.128. The summed E-state index contributed by atoms with van der Waals surface area (Å²) in [7, 11) is 0. The molecule has 68 valence electrons. The van der Waals surface area contributed by atoms with Crippen molar-refractivity contribution >= 4 is 16.8 Å². The molecular weight excluding hydrogens is 190 g/mol. The Kier molecular flexibility index (Phi) is 3.02. The van der Waals surface area contributed by atoms with Gasteiger partial charge in [-0.2, -0.15) is 0 Å². The van der Waals surface area contributed by atoms with Crippen LogP contribution in [0.4, 0.5) is 5.69 Å². The van der Waals surface area contributed by atoms with E-state index in [1.807, 2.05) is 0 Å². The van der Waals surface area contributed by atoms with Gasteiger partial charge in [-0.15, -0.1) is 0 Å². The molecule has 0 amide bonds. The Hall–Kier alpha value is -1.36. The van der Waals surface area contributed by atoms with Gasteiger partial charge in [0.05, 0.1) is 10.6 Å². The van der Waals surface area contributed by atoms with Crippen molar-refractivity contribution in [2.24, 2.45) is 5.11 Å². The van der Waals surface area contributed by atoms with Crippen molar-refractivity contribution in [1.29, 1.82) is 0 Å². The molecule has 0 aliphatic rings. The highest BCUT2D eigenvalue weighted by atomic mass is 32.2. The van der Waals surface area contributed by atoms with E-state index < -0.39 is 11.1 Å². The summed E-state index contributed by atoms with van der Waals surface area (Å²) in [6.07, 6.45) is 0. The zero-order valence-corrected chi connectivity index (χ0v) is 7.65. The van der Waals surface area contributed by atoms with Crippen molar-refractivity contribution in [2.45, 2.75) is 11.8 Å². The van der Waals surface area contributed by atoms with Crippen LogP contribution < -0.4 is 0 Å². The third kappa shape index (κ3) is 2.29. The molecule has 0 aliphatic heterocycles. The molecular formula is C7H7N3O2S. The zero-order valence-electron chi connectivity index (χ0n) is 6.84. The highest BCUT2D eigenvalue weighted by Gasteiger charge is 2.05. The average molecular weight is 197 g/mol. The number of nitrogens with zero attached hydrogens (tertiary/aromatic N) is 3. The average Bonchev–Trinajstić information content (AvgIpc) is 2.04. The molecule has 0 saturated heterocycles. The van der Waals surface area contributed by atoms with Gasteiger partial charge in [-0.05, 0) is 24.6 Å². The van der Waals surface area contributed by atoms with Crippen LogP contribution in [0, 0.1) is 6.92 Å². The lowest BCUT2D eigenvalue weighted by molar-refractivity contribution is 0.564. The van der Waals surface area contributed by atoms with E-state index in [0.717, 1.165) is 5.56 Å². The van der Waals surface area contributed by atoms with Gasteiger partial charge in [-0.25, -0.2) is 4.21 Å². The number of benzene rings is 1. The summed E-state index contributed by atoms with van der Waals surface area (Å²) in [6, 6.07) is 4.71. The van der Waals surface area contributed by atoms with Crippen LogP contribution in [0.3, 0.4) is 0 Å². The molecule has 1 N–H and O–H groups in total. The summed E-state index contributed by atoms with van der Waals surface area (Å²) >= 11 is -2.12. The van der Waals surface area contributed by atoms with Crippen LogP contribution >= 0.6 is 0 Å². The van der Waals surface area contributed by atoms with Crippen molar-refractivity contribution in [1.82, 2.24) is 0 Å². The van der Waals surface area contributed by atoms with E-state index in [0.29, 0.717) is 0 Å². The van der Waals surface area contributed by atoms with E-state index in [9.17, 15) is 4.21 Å². The van der Waals surface area contributed by atoms with Gasteiger partial charge < -0.3 is 4.55 Å². The van der Waals surface area contributed by atoms with Gasteiger partial charge in [0.25, 0.3) is 0 Å². The number of hydrogen-bond donors (Lipinski definition) is 1. The van der Waals surface area contributed by atoms with Crippen molar-refractivity contribution in [3.05, 3.63) is 34.2 Å². The molecule has 0 spiro atoms. The molecule has 1 atom stereocenters. The van der Waals surface area contributed by atoms with Crippen molar-refractivity contribution < 1.29 is 8.76 Å². The summed E-state index contributed by atoms with van der Waals surface area (Å²) in [5.41, 5.74) is 9.26. The molecule has 0 aliphatic carbocycles. The van der Waals surface area contributed by atoms with Crippen LogP contribution in [-0.4, -0.2) is 8.76 Å². The first-order valence-corrected chi connectivity index (χ1v) is 4.52. The molecule has 0 fully saturated rings. The van der Waals surface area contributed by atoms with E-state index in [2.05, 4.69) is 10.0 Å². The first-order chi connectivity index (χ1) is 6.15. The summed E-state index contributed by atoms with van der Waals surface area (Å²) in [4.78, 5) is 2.70. The topological polar surface area (TPSA) is 86.1 Å². The van der Waals surface area contributed by atoms with E-state index >= 15 is 0 Å². The Labute approximate surface area is 77.3 Å². The molecule has 6 heteroatoms. The van der Waals surface area contributed by atoms with Crippen LogP contribution in [0.25, 0.3) is 10.4 Å². The van der Waals surface area contributed by atoms with Crippen LogP contribution in [-0.2, 0) is 11.1 Å². The fraction of sp³-hybridized carbons (Fsp3) is 0.143. The molecule has 0 bridgehead atoms.